The molecule has 0 aliphatic heterocycles. The van der Waals surface area contributed by atoms with E-state index in [0.29, 0.717) is 62.3 Å². The fourth-order valence-electron chi connectivity index (χ4n) is 3.07. The molecule has 0 bridgehead atoms. The highest BCUT2D eigenvalue weighted by atomic mass is 35.5. The van der Waals surface area contributed by atoms with Gasteiger partial charge in [-0.15, -0.1) is 56.0 Å². The molecule has 74 heavy (non-hydrogen) atoms. The number of alkyl carbamates (subject to hydrolysis) is 1. The molecule has 2 amide bonds. The molecule has 0 atom stereocenters. The van der Waals surface area contributed by atoms with Gasteiger partial charge in [0.2, 0.25) is 29.5 Å². The first-order chi connectivity index (χ1) is 32.1. The van der Waals surface area contributed by atoms with Crippen LogP contribution in [0.15, 0.2) is 8.83 Å². The number of hydrogen-bond donors (Lipinski definition) is 7. The molecule has 2 rings (SSSR count). The number of ether oxygens (including phenoxy) is 4. The van der Waals surface area contributed by atoms with Crippen LogP contribution in [0.5, 0.6) is 0 Å². The van der Waals surface area contributed by atoms with Crippen molar-refractivity contribution < 1.29 is 76.4 Å². The van der Waals surface area contributed by atoms with Gasteiger partial charge in [-0.25, -0.2) is 14.4 Å². The third kappa shape index (κ3) is 89.6. The standard InChI is InChI=1S/C10H17N3O3.C10H18O5.C7H13NO2.C5H9N3O.C4H8O2.C3H7NO2.C3H7NO.CH2Cl2.3CH4.ClH/c1-7-12-13-8(15-7)5-6-11-9(14)16-10(2,3)4;1-9(2,3)14-7(11)13-8(12)15-10(4,5)6;1-3-4-7(10)8-5-6(2)9;1-4-7-8-5(9-4)2-3-6;1-2-3-4(5)6;4-2-1-3(5)6;1-3(5)2-4;2-1-3;;;;/h5-6H2,1-4H3,(H,11,14);1-6H3;3-5H2,1-2H3,(H,8,10);2-3,6H2,1H3;2-3H2,1H3,(H,5,6);1-2,4H2,(H,5,6);2,4H2,1H3;1H2;3*1H4;1H. The van der Waals surface area contributed by atoms with Crippen LogP contribution in [0.25, 0.3) is 0 Å². The maximum atomic E-state index is 11.3. The Balaban J connectivity index is -0.0000000820. The summed E-state index contributed by atoms with van der Waals surface area (Å²) in [5.74, 6) is 0.677. The highest BCUT2D eigenvalue weighted by Crippen LogP contribution is 2.12. The van der Waals surface area contributed by atoms with E-state index < -0.39 is 47.1 Å². The second-order valence-electron chi connectivity index (χ2n) is 16.5. The van der Waals surface area contributed by atoms with E-state index in [1.807, 2.05) is 34.6 Å². The second kappa shape index (κ2) is 55.5. The fourth-order valence-corrected chi connectivity index (χ4v) is 3.07. The zero-order valence-electron chi connectivity index (χ0n) is 44.0. The molecule has 2 aromatic rings. The van der Waals surface area contributed by atoms with Crippen molar-refractivity contribution in [3.8, 4) is 0 Å². The van der Waals surface area contributed by atoms with Crippen LogP contribution in [0.1, 0.15) is 168 Å². The smallest absolute Gasteiger partial charge is 0.481 e. The van der Waals surface area contributed by atoms with Gasteiger partial charge >= 0.3 is 30.3 Å². The Labute approximate surface area is 455 Å². The number of carbonyl (C=O) groups excluding carboxylic acids is 6. The summed E-state index contributed by atoms with van der Waals surface area (Å²) < 4.78 is 29.0. The Kier molecular flexibility index (Phi) is 68.6. The Morgan fingerprint density at radius 3 is 1.19 bits per heavy atom. The van der Waals surface area contributed by atoms with Crippen LogP contribution in [0, 0.1) is 13.8 Å². The predicted octanol–water partition coefficient (Wildman–Crippen LogP) is 8.27. The summed E-state index contributed by atoms with van der Waals surface area (Å²) >= 11 is 9.53. The van der Waals surface area contributed by atoms with Crippen molar-refractivity contribution in [2.45, 2.75) is 188 Å². The Bertz CT molecular complexity index is 1690. The normalized spacial score (nSPS) is 9.35. The minimum absolute atomic E-state index is 0. The lowest BCUT2D eigenvalue weighted by molar-refractivity contribution is -0.137. The predicted molar refractivity (Wildman–Crippen MR) is 289 cm³/mol. The first kappa shape index (κ1) is 91.5. The Hall–Kier alpha value is -5.21. The molecule has 0 aliphatic carbocycles. The number of ketones is 2. The summed E-state index contributed by atoms with van der Waals surface area (Å²) in [5.41, 5.74) is 13.0. The van der Waals surface area contributed by atoms with Crippen molar-refractivity contribution in [2.24, 2.45) is 17.2 Å². The zero-order chi connectivity index (χ0) is 56.1. The zero-order valence-corrected chi connectivity index (χ0v) is 46.3. The largest absolute Gasteiger partial charge is 0.519 e. The van der Waals surface area contributed by atoms with Gasteiger partial charge in [-0.1, -0.05) is 36.1 Å². The average Bonchev–Trinajstić information content (AvgIpc) is 3.80. The maximum absolute atomic E-state index is 11.3. The number of carbonyl (C=O) groups is 8. The summed E-state index contributed by atoms with van der Waals surface area (Å²) in [7, 11) is 0. The topological polar surface area (TPSA) is 394 Å². The number of carboxylic acid groups (broad SMARTS) is 2. The molecule has 25 nitrogen and oxygen atoms in total. The molecule has 0 spiro atoms. The van der Waals surface area contributed by atoms with E-state index in [1.165, 1.54) is 13.8 Å². The molecule has 0 aromatic carbocycles. The molecule has 10 N–H and O–H groups in total. The van der Waals surface area contributed by atoms with Crippen molar-refractivity contribution in [1.82, 2.24) is 31.0 Å². The van der Waals surface area contributed by atoms with Gasteiger partial charge in [0.15, 0.2) is 0 Å². The molecule has 0 saturated heterocycles. The lowest BCUT2D eigenvalue weighted by atomic mass is 10.2. The van der Waals surface area contributed by atoms with Crippen LogP contribution in [0.2, 0.25) is 0 Å². The van der Waals surface area contributed by atoms with E-state index in [4.69, 9.17) is 73.7 Å². The number of amides is 2. The third-order valence-electron chi connectivity index (χ3n) is 5.57. The van der Waals surface area contributed by atoms with Crippen molar-refractivity contribution in [1.29, 1.82) is 0 Å². The van der Waals surface area contributed by atoms with Crippen LogP contribution in [0.4, 0.5) is 14.4 Å². The van der Waals surface area contributed by atoms with Gasteiger partial charge in [0.25, 0.3) is 0 Å². The molecule has 0 fully saturated rings. The monoisotopic (exact) mass is 1130 g/mol. The number of aromatic nitrogens is 4. The number of aliphatic carboxylic acids is 2. The first-order valence-electron chi connectivity index (χ1n) is 21.7. The number of nitrogens with two attached hydrogens (primary N) is 3. The van der Waals surface area contributed by atoms with Gasteiger partial charge in [-0.05, 0) is 89.0 Å². The summed E-state index contributed by atoms with van der Waals surface area (Å²) in [6.07, 6.45) is 1.03. The number of Topliss-reactive ketones (excluding diaryl/α,β-unsaturated/α-hetero) is 2. The van der Waals surface area contributed by atoms with Gasteiger partial charge in [0.05, 0.1) is 24.8 Å². The number of alkyl halides is 2. The van der Waals surface area contributed by atoms with Crippen LogP contribution in [0.3, 0.4) is 0 Å². The molecule has 2 aromatic heterocycles. The third-order valence-corrected chi connectivity index (χ3v) is 5.57. The minimum atomic E-state index is -1.06. The van der Waals surface area contributed by atoms with E-state index in [9.17, 15) is 38.4 Å². The number of nitrogens with one attached hydrogen (secondary N) is 2. The molecule has 0 unspecified atom stereocenters. The Morgan fingerprint density at radius 1 is 0.595 bits per heavy atom. The number of aryl methyl sites for hydroxylation is 2. The number of carboxylic acids is 2. The first-order valence-corrected chi connectivity index (χ1v) is 22.7. The summed E-state index contributed by atoms with van der Waals surface area (Å²) in [6.45, 7) is 27.1. The van der Waals surface area contributed by atoms with Gasteiger partial charge in [0.1, 0.15) is 28.4 Å². The van der Waals surface area contributed by atoms with Crippen molar-refractivity contribution >= 4 is 83.4 Å². The van der Waals surface area contributed by atoms with Crippen molar-refractivity contribution in [3.63, 3.8) is 0 Å². The average molecular weight is 1140 g/mol. The second-order valence-corrected chi connectivity index (χ2v) is 17.3. The molecule has 28 heteroatoms. The van der Waals surface area contributed by atoms with Crippen molar-refractivity contribution in [3.05, 3.63) is 23.6 Å². The van der Waals surface area contributed by atoms with Crippen LogP contribution in [-0.4, -0.2) is 133 Å². The highest BCUT2D eigenvalue weighted by Gasteiger charge is 2.24. The van der Waals surface area contributed by atoms with E-state index in [0.717, 1.165) is 12.8 Å². The lowest BCUT2D eigenvalue weighted by Crippen LogP contribution is -2.33. The van der Waals surface area contributed by atoms with E-state index in [2.05, 4.69) is 35.8 Å². The Morgan fingerprint density at radius 2 is 0.959 bits per heavy atom. The fraction of sp³-hybridized carbons (Fsp3) is 0.739. The van der Waals surface area contributed by atoms with E-state index >= 15 is 0 Å². The molecule has 2 heterocycles. The molecular weight excluding hydrogens is 1040 g/mol. The summed E-state index contributed by atoms with van der Waals surface area (Å²) in [6, 6.07) is 0. The summed E-state index contributed by atoms with van der Waals surface area (Å²) in [4.78, 5) is 83.1. The van der Waals surface area contributed by atoms with E-state index in [-0.39, 0.29) is 83.6 Å². The number of halogens is 3. The quantitative estimate of drug-likeness (QED) is 0.0405. The number of nitrogens with zero attached hydrogens (tertiary/aromatic N) is 4. The molecular formula is C46H94Cl3N9O16. The van der Waals surface area contributed by atoms with Crippen LogP contribution < -0.4 is 27.8 Å². The highest BCUT2D eigenvalue weighted by molar-refractivity contribution is 6.40. The summed E-state index contributed by atoms with van der Waals surface area (Å²) in [5, 5.41) is 35.9. The van der Waals surface area contributed by atoms with Gasteiger partial charge in [0, 0.05) is 59.2 Å². The minimum Gasteiger partial charge on any atom is -0.481 e. The molecule has 0 aliphatic rings. The molecule has 0 radical (unpaired) electrons. The van der Waals surface area contributed by atoms with Crippen LogP contribution in [-0.2, 0) is 55.8 Å². The van der Waals surface area contributed by atoms with Crippen LogP contribution >= 0.6 is 35.6 Å². The van der Waals surface area contributed by atoms with Gasteiger partial charge in [-0.2, -0.15) is 0 Å². The molecule has 440 valence electrons. The lowest BCUT2D eigenvalue weighted by Gasteiger charge is -2.20. The molecule has 0 saturated carbocycles. The van der Waals surface area contributed by atoms with Gasteiger partial charge < -0.3 is 65.8 Å². The van der Waals surface area contributed by atoms with E-state index in [1.54, 1.807) is 55.4 Å². The SMILES string of the molecule is C.C.C.CC(=O)CN.CC(C)(C)OC(=O)OC(=O)OC(C)(C)C.CCCC(=O)NCC(C)=O.CCCC(=O)O.Cc1nnc(CCN)o1.Cc1nnc(CCNC(=O)OC(C)(C)C)o1.Cl.ClCCl.NCCC(=O)O. The maximum Gasteiger partial charge on any atom is 0.519 e. The number of rotatable bonds is 14. The van der Waals surface area contributed by atoms with Gasteiger partial charge in [-0.3, -0.25) is 24.0 Å². The number of hydrogen-bond acceptors (Lipinski definition) is 21. The van der Waals surface area contributed by atoms with Crippen molar-refractivity contribution in [2.75, 3.05) is 38.1 Å².